The van der Waals surface area contributed by atoms with E-state index in [1.165, 1.54) is 12.8 Å². The molecule has 1 heterocycles. The smallest absolute Gasteiger partial charge is 0.193 e. The third-order valence-corrected chi connectivity index (χ3v) is 3.42. The summed E-state index contributed by atoms with van der Waals surface area (Å²) in [5.74, 6) is 0.220. The summed E-state index contributed by atoms with van der Waals surface area (Å²) >= 11 is 0. The van der Waals surface area contributed by atoms with Gasteiger partial charge in [-0.3, -0.25) is 4.90 Å². The average Bonchev–Trinajstić information content (AvgIpc) is 2.23. The lowest BCUT2D eigenvalue weighted by Gasteiger charge is -2.48. The van der Waals surface area contributed by atoms with E-state index in [0.29, 0.717) is 5.92 Å². The molecule has 1 rings (SSSR count). The Hall–Kier alpha value is -0.160. The van der Waals surface area contributed by atoms with Crippen LogP contribution in [0.25, 0.3) is 0 Å². The Morgan fingerprint density at radius 3 is 2.31 bits per heavy atom. The molecule has 0 bridgehead atoms. The molecule has 4 heteroatoms. The van der Waals surface area contributed by atoms with Gasteiger partial charge in [0, 0.05) is 27.4 Å². The third kappa shape index (κ3) is 3.42. The first-order valence-electron chi connectivity index (χ1n) is 6.13. The first kappa shape index (κ1) is 13.9. The molecule has 1 fully saturated rings. The number of aliphatic hydroxyl groups is 1. The van der Waals surface area contributed by atoms with Gasteiger partial charge in [0.25, 0.3) is 0 Å². The van der Waals surface area contributed by atoms with E-state index in [4.69, 9.17) is 14.6 Å². The van der Waals surface area contributed by atoms with Crippen molar-refractivity contribution in [2.24, 2.45) is 5.92 Å². The van der Waals surface area contributed by atoms with Crippen LogP contribution < -0.4 is 0 Å². The van der Waals surface area contributed by atoms with E-state index >= 15 is 0 Å². The highest BCUT2D eigenvalue weighted by atomic mass is 16.7. The highest BCUT2D eigenvalue weighted by Crippen LogP contribution is 2.27. The minimum absolute atomic E-state index is 0.290. The van der Waals surface area contributed by atoms with Gasteiger partial charge in [-0.05, 0) is 18.8 Å². The largest absolute Gasteiger partial charge is 0.396 e. The molecule has 96 valence electrons. The van der Waals surface area contributed by atoms with Crippen molar-refractivity contribution >= 4 is 0 Å². The molecule has 0 aromatic heterocycles. The summed E-state index contributed by atoms with van der Waals surface area (Å²) in [6, 6.07) is 0. The lowest BCUT2D eigenvalue weighted by Crippen LogP contribution is -2.64. The zero-order chi connectivity index (χ0) is 12.0. The maximum absolute atomic E-state index is 8.99. The van der Waals surface area contributed by atoms with Crippen molar-refractivity contribution in [3.05, 3.63) is 0 Å². The van der Waals surface area contributed by atoms with Crippen LogP contribution in [0.5, 0.6) is 0 Å². The molecule has 0 radical (unpaired) electrons. The summed E-state index contributed by atoms with van der Waals surface area (Å²) in [5, 5.41) is 8.99. The summed E-state index contributed by atoms with van der Waals surface area (Å²) < 4.78 is 10.7. The van der Waals surface area contributed by atoms with Crippen molar-refractivity contribution in [1.29, 1.82) is 0 Å². The molecular weight excluding hydrogens is 206 g/mol. The van der Waals surface area contributed by atoms with Gasteiger partial charge in [0.05, 0.1) is 13.1 Å². The number of ether oxygens (including phenoxy) is 2. The van der Waals surface area contributed by atoms with Crippen LogP contribution >= 0.6 is 0 Å². The summed E-state index contributed by atoms with van der Waals surface area (Å²) in [5.41, 5.74) is 0. The van der Waals surface area contributed by atoms with Gasteiger partial charge in [0.15, 0.2) is 5.79 Å². The van der Waals surface area contributed by atoms with Crippen LogP contribution in [0, 0.1) is 5.92 Å². The van der Waals surface area contributed by atoms with E-state index in [2.05, 4.69) is 11.8 Å². The minimum atomic E-state index is -0.379. The van der Waals surface area contributed by atoms with E-state index in [-0.39, 0.29) is 12.4 Å². The molecule has 0 aliphatic carbocycles. The highest BCUT2D eigenvalue weighted by molar-refractivity contribution is 4.90. The lowest BCUT2D eigenvalue weighted by molar-refractivity contribution is -0.276. The molecule has 0 aromatic carbocycles. The molecule has 16 heavy (non-hydrogen) atoms. The second kappa shape index (κ2) is 6.55. The van der Waals surface area contributed by atoms with Crippen LogP contribution in [0.15, 0.2) is 0 Å². The van der Waals surface area contributed by atoms with Crippen LogP contribution in [-0.2, 0) is 9.47 Å². The Balaban J connectivity index is 2.28. The Kier molecular flexibility index (Phi) is 5.69. The quantitative estimate of drug-likeness (QED) is 0.635. The highest BCUT2D eigenvalue weighted by Gasteiger charge is 2.43. The Morgan fingerprint density at radius 1 is 1.25 bits per heavy atom. The lowest BCUT2D eigenvalue weighted by atomic mass is 9.96. The summed E-state index contributed by atoms with van der Waals surface area (Å²) in [6.45, 7) is 5.20. The van der Waals surface area contributed by atoms with E-state index in [1.807, 2.05) is 0 Å². The van der Waals surface area contributed by atoms with Gasteiger partial charge < -0.3 is 14.6 Å². The number of hydrogen-bond donors (Lipinski definition) is 1. The zero-order valence-electron chi connectivity index (χ0n) is 10.7. The molecule has 1 aliphatic heterocycles. The molecule has 0 aromatic rings. The minimum Gasteiger partial charge on any atom is -0.396 e. The number of hydrogen-bond acceptors (Lipinski definition) is 4. The van der Waals surface area contributed by atoms with Crippen molar-refractivity contribution in [3.8, 4) is 0 Å². The summed E-state index contributed by atoms with van der Waals surface area (Å²) in [6.07, 6.45) is 3.26. The van der Waals surface area contributed by atoms with E-state index < -0.39 is 0 Å². The van der Waals surface area contributed by atoms with Crippen molar-refractivity contribution in [2.75, 3.05) is 40.5 Å². The van der Waals surface area contributed by atoms with Crippen molar-refractivity contribution in [2.45, 2.75) is 32.0 Å². The maximum Gasteiger partial charge on any atom is 0.193 e. The van der Waals surface area contributed by atoms with E-state index in [9.17, 15) is 0 Å². The average molecular weight is 231 g/mol. The predicted octanol–water partition coefficient (Wildman–Crippen LogP) is 1.09. The maximum atomic E-state index is 8.99. The van der Waals surface area contributed by atoms with E-state index in [1.54, 1.807) is 14.2 Å². The molecule has 4 nitrogen and oxygen atoms in total. The fraction of sp³-hybridized carbons (Fsp3) is 1.00. The number of nitrogens with zero attached hydrogens (tertiary/aromatic N) is 1. The normalized spacial score (nSPS) is 21.8. The fourth-order valence-corrected chi connectivity index (χ4v) is 2.39. The molecule has 1 aliphatic rings. The molecule has 1 N–H and O–H groups in total. The van der Waals surface area contributed by atoms with Crippen LogP contribution in [-0.4, -0.2) is 56.3 Å². The van der Waals surface area contributed by atoms with Crippen LogP contribution in [0.2, 0.25) is 0 Å². The Labute approximate surface area is 98.5 Å². The first-order chi connectivity index (χ1) is 7.69. The zero-order valence-corrected chi connectivity index (χ0v) is 10.7. The van der Waals surface area contributed by atoms with Crippen molar-refractivity contribution in [3.63, 3.8) is 0 Å². The van der Waals surface area contributed by atoms with Gasteiger partial charge in [0.1, 0.15) is 0 Å². The monoisotopic (exact) mass is 231 g/mol. The third-order valence-electron chi connectivity index (χ3n) is 3.42. The molecule has 0 spiro atoms. The molecular formula is C12H25NO3. The van der Waals surface area contributed by atoms with Gasteiger partial charge in [-0.2, -0.15) is 0 Å². The van der Waals surface area contributed by atoms with Gasteiger partial charge >= 0.3 is 0 Å². The predicted molar refractivity (Wildman–Crippen MR) is 63.3 cm³/mol. The van der Waals surface area contributed by atoms with E-state index in [0.717, 1.165) is 26.1 Å². The number of methoxy groups -OCH3 is 2. The van der Waals surface area contributed by atoms with Gasteiger partial charge in [-0.25, -0.2) is 0 Å². The molecule has 1 saturated heterocycles. The molecule has 0 saturated carbocycles. The number of likely N-dealkylation sites (tertiary alicyclic amines) is 1. The van der Waals surface area contributed by atoms with Crippen LogP contribution in [0.1, 0.15) is 26.2 Å². The molecule has 0 amide bonds. The van der Waals surface area contributed by atoms with Gasteiger partial charge in [0.2, 0.25) is 0 Å². The standard InChI is InChI=1S/C12H25NO3/c1-4-5-11(6-7-14)8-13-9-12(10-13,15-2)16-3/h11,14H,4-10H2,1-3H3. The summed E-state index contributed by atoms with van der Waals surface area (Å²) in [7, 11) is 3.39. The first-order valence-corrected chi connectivity index (χ1v) is 6.13. The Morgan fingerprint density at radius 2 is 1.88 bits per heavy atom. The number of rotatable bonds is 8. The van der Waals surface area contributed by atoms with Crippen LogP contribution in [0.3, 0.4) is 0 Å². The van der Waals surface area contributed by atoms with Gasteiger partial charge in [-0.1, -0.05) is 13.3 Å². The second-order valence-corrected chi connectivity index (χ2v) is 4.66. The van der Waals surface area contributed by atoms with Crippen molar-refractivity contribution in [1.82, 2.24) is 4.90 Å². The number of aliphatic hydroxyl groups excluding tert-OH is 1. The van der Waals surface area contributed by atoms with Gasteiger partial charge in [-0.15, -0.1) is 0 Å². The molecule has 1 unspecified atom stereocenters. The topological polar surface area (TPSA) is 41.9 Å². The fourth-order valence-electron chi connectivity index (χ4n) is 2.39. The van der Waals surface area contributed by atoms with Crippen LogP contribution in [0.4, 0.5) is 0 Å². The Bertz CT molecular complexity index is 181. The SMILES string of the molecule is CCCC(CCO)CN1CC(OC)(OC)C1. The second-order valence-electron chi connectivity index (χ2n) is 4.66. The molecule has 1 atom stereocenters. The van der Waals surface area contributed by atoms with Crippen molar-refractivity contribution < 1.29 is 14.6 Å². The summed E-state index contributed by atoms with van der Waals surface area (Å²) in [4.78, 5) is 2.34.